The molecule has 118 valence electrons. The highest BCUT2D eigenvalue weighted by Gasteiger charge is 2.21. The van der Waals surface area contributed by atoms with Crippen molar-refractivity contribution >= 4 is 44.0 Å². The highest BCUT2D eigenvalue weighted by molar-refractivity contribution is 6.21. The molecule has 0 saturated carbocycles. The third-order valence-corrected chi connectivity index (χ3v) is 3.90. The predicted molar refractivity (Wildman–Crippen MR) is 84.7 cm³/mol. The van der Waals surface area contributed by atoms with Crippen LogP contribution in [0, 0.1) is 20.2 Å². The molecule has 2 aromatic carbocycles. The largest absolute Gasteiger partial charge is 0.321 e. The number of pyridine rings is 2. The maximum Gasteiger partial charge on any atom is 0.272 e. The van der Waals surface area contributed by atoms with Gasteiger partial charge >= 0.3 is 0 Å². The van der Waals surface area contributed by atoms with Gasteiger partial charge in [-0.3, -0.25) is 29.8 Å². The lowest BCUT2D eigenvalue weighted by Gasteiger charge is -2.09. The van der Waals surface area contributed by atoms with Gasteiger partial charge in [-0.05, 0) is 0 Å². The van der Waals surface area contributed by atoms with Crippen molar-refractivity contribution in [3.8, 4) is 0 Å². The summed E-state index contributed by atoms with van der Waals surface area (Å²) < 4.78 is 0. The lowest BCUT2D eigenvalue weighted by Crippen LogP contribution is -2.13. The number of nitrogens with zero attached hydrogens (tertiary/aromatic N) is 2. The molecule has 0 spiro atoms. The Hall–Kier alpha value is -3.82. The van der Waals surface area contributed by atoms with Gasteiger partial charge in [0.2, 0.25) is 0 Å². The Labute approximate surface area is 130 Å². The van der Waals surface area contributed by atoms with E-state index in [1.807, 2.05) is 0 Å². The first-order valence-corrected chi connectivity index (χ1v) is 6.65. The van der Waals surface area contributed by atoms with Crippen molar-refractivity contribution in [1.82, 2.24) is 9.97 Å². The topological polar surface area (TPSA) is 152 Å². The summed E-state index contributed by atoms with van der Waals surface area (Å²) >= 11 is 0. The standard InChI is InChI=1S/C14H6N4O6/c19-13-7-1-5(17(21)22)3-9-11(7)12-8(14(20)16-9)2-6(18(23)24)4-10(12)15-13/h1-4H,(H,15,19)(H,16,20). The van der Waals surface area contributed by atoms with E-state index < -0.39 is 21.0 Å². The van der Waals surface area contributed by atoms with Crippen molar-refractivity contribution in [1.29, 1.82) is 0 Å². The number of nitro benzene ring substituents is 2. The Morgan fingerprint density at radius 2 is 1.08 bits per heavy atom. The van der Waals surface area contributed by atoms with E-state index >= 15 is 0 Å². The van der Waals surface area contributed by atoms with Crippen LogP contribution < -0.4 is 11.1 Å². The number of nitro groups is 2. The molecule has 10 nitrogen and oxygen atoms in total. The first-order valence-electron chi connectivity index (χ1n) is 6.65. The molecule has 0 saturated heterocycles. The van der Waals surface area contributed by atoms with E-state index in [1.54, 1.807) is 0 Å². The van der Waals surface area contributed by atoms with Gasteiger partial charge < -0.3 is 9.97 Å². The molecule has 0 aliphatic heterocycles. The Balaban J connectivity index is 2.36. The van der Waals surface area contributed by atoms with Crippen molar-refractivity contribution in [2.24, 2.45) is 0 Å². The zero-order valence-electron chi connectivity index (χ0n) is 11.7. The number of non-ortho nitro benzene ring substituents is 2. The summed E-state index contributed by atoms with van der Waals surface area (Å²) in [7, 11) is 0. The Morgan fingerprint density at radius 1 is 0.708 bits per heavy atom. The number of nitrogens with one attached hydrogen (secondary N) is 2. The molecular formula is C14H6N4O6. The van der Waals surface area contributed by atoms with Gasteiger partial charge in [-0.1, -0.05) is 0 Å². The lowest BCUT2D eigenvalue weighted by molar-refractivity contribution is -0.384. The number of aromatic nitrogens is 2. The number of hydrogen-bond acceptors (Lipinski definition) is 6. The zero-order chi connectivity index (χ0) is 17.2. The highest BCUT2D eigenvalue weighted by Crippen LogP contribution is 2.33. The van der Waals surface area contributed by atoms with E-state index in [0.717, 1.165) is 24.3 Å². The van der Waals surface area contributed by atoms with Gasteiger partial charge in [-0.2, -0.15) is 0 Å². The molecule has 0 amide bonds. The fraction of sp³-hybridized carbons (Fsp3) is 0. The van der Waals surface area contributed by atoms with E-state index in [0.29, 0.717) is 10.8 Å². The van der Waals surface area contributed by atoms with E-state index in [-0.39, 0.29) is 33.2 Å². The van der Waals surface area contributed by atoms with Crippen LogP contribution in [0.1, 0.15) is 0 Å². The average molecular weight is 326 g/mol. The molecule has 0 fully saturated rings. The maximum absolute atomic E-state index is 12.3. The normalized spacial score (nSPS) is 11.5. The number of aromatic amines is 2. The van der Waals surface area contributed by atoms with Gasteiger partial charge in [0.25, 0.3) is 22.5 Å². The smallest absolute Gasteiger partial charge is 0.272 e. The van der Waals surface area contributed by atoms with Gasteiger partial charge in [-0.25, -0.2) is 0 Å². The number of rotatable bonds is 2. The molecule has 0 atom stereocenters. The molecule has 10 heteroatoms. The van der Waals surface area contributed by atoms with Gasteiger partial charge in [-0.15, -0.1) is 0 Å². The van der Waals surface area contributed by atoms with Gasteiger partial charge in [0.05, 0.1) is 31.7 Å². The van der Waals surface area contributed by atoms with Crippen LogP contribution in [0.2, 0.25) is 0 Å². The minimum Gasteiger partial charge on any atom is -0.321 e. The van der Waals surface area contributed by atoms with E-state index in [9.17, 15) is 29.8 Å². The molecule has 2 N–H and O–H groups in total. The van der Waals surface area contributed by atoms with E-state index in [2.05, 4.69) is 9.97 Å². The fourth-order valence-corrected chi connectivity index (χ4v) is 2.94. The minimum atomic E-state index is -0.670. The lowest BCUT2D eigenvalue weighted by atomic mass is 10.0. The summed E-state index contributed by atoms with van der Waals surface area (Å²) in [6.07, 6.45) is 0. The van der Waals surface area contributed by atoms with E-state index in [1.165, 1.54) is 0 Å². The second-order valence-corrected chi connectivity index (χ2v) is 5.25. The number of H-pyrrole nitrogens is 2. The summed E-state index contributed by atoms with van der Waals surface area (Å²) in [6.45, 7) is 0. The van der Waals surface area contributed by atoms with Crippen molar-refractivity contribution in [2.75, 3.05) is 0 Å². The zero-order valence-corrected chi connectivity index (χ0v) is 11.7. The van der Waals surface area contributed by atoms with Crippen LogP contribution in [-0.2, 0) is 0 Å². The molecule has 2 heterocycles. The maximum atomic E-state index is 12.3. The van der Waals surface area contributed by atoms with Crippen LogP contribution in [0.25, 0.3) is 32.6 Å². The summed E-state index contributed by atoms with van der Waals surface area (Å²) in [4.78, 5) is 50.1. The third-order valence-electron chi connectivity index (χ3n) is 3.90. The highest BCUT2D eigenvalue weighted by atomic mass is 16.6. The first kappa shape index (κ1) is 13.8. The first-order chi connectivity index (χ1) is 11.4. The Kier molecular flexibility index (Phi) is 2.50. The molecule has 0 aliphatic rings. The summed E-state index contributed by atoms with van der Waals surface area (Å²) in [5.41, 5.74) is -1.69. The fourth-order valence-electron chi connectivity index (χ4n) is 2.94. The Morgan fingerprint density at radius 3 is 1.42 bits per heavy atom. The van der Waals surface area contributed by atoms with Crippen molar-refractivity contribution in [2.45, 2.75) is 0 Å². The number of hydrogen-bond donors (Lipinski definition) is 2. The molecule has 0 unspecified atom stereocenters. The predicted octanol–water partition coefficient (Wildman–Crippen LogP) is 1.78. The van der Waals surface area contributed by atoms with Gasteiger partial charge in [0.15, 0.2) is 0 Å². The van der Waals surface area contributed by atoms with Crippen molar-refractivity contribution in [3.05, 3.63) is 65.2 Å². The van der Waals surface area contributed by atoms with Crippen LogP contribution in [-0.4, -0.2) is 19.8 Å². The van der Waals surface area contributed by atoms with Crippen LogP contribution >= 0.6 is 0 Å². The summed E-state index contributed by atoms with van der Waals surface area (Å²) in [5, 5.41) is 22.7. The van der Waals surface area contributed by atoms with Crippen molar-refractivity contribution < 1.29 is 9.85 Å². The third kappa shape index (κ3) is 1.70. The molecule has 0 bridgehead atoms. The van der Waals surface area contributed by atoms with Crippen LogP contribution in [0.15, 0.2) is 33.9 Å². The molecule has 0 radical (unpaired) electrons. The SMILES string of the molecule is O=c1[nH]c2cc([N+](=O)[O-])cc3c(=O)[nH]c4cc([N+](=O)[O-])cc1c4c23. The second kappa shape index (κ2) is 4.35. The van der Waals surface area contributed by atoms with Crippen molar-refractivity contribution in [3.63, 3.8) is 0 Å². The minimum absolute atomic E-state index is 0.0294. The summed E-state index contributed by atoms with van der Waals surface area (Å²) in [5.74, 6) is 0. The van der Waals surface area contributed by atoms with Crippen LogP contribution in [0.4, 0.5) is 11.4 Å². The monoisotopic (exact) mass is 326 g/mol. The van der Waals surface area contributed by atoms with Gasteiger partial charge in [0.1, 0.15) is 0 Å². The van der Waals surface area contributed by atoms with Crippen LogP contribution in [0.5, 0.6) is 0 Å². The molecule has 0 aliphatic carbocycles. The number of benzene rings is 2. The quantitative estimate of drug-likeness (QED) is 0.325. The Bertz CT molecular complexity index is 1200. The molecule has 4 aromatic rings. The second-order valence-electron chi connectivity index (χ2n) is 5.25. The average Bonchev–Trinajstić information content (AvgIpc) is 2.53. The molecular weight excluding hydrogens is 320 g/mol. The summed E-state index contributed by atoms with van der Waals surface area (Å²) in [6, 6.07) is 4.53. The molecule has 4 rings (SSSR count). The molecule has 24 heavy (non-hydrogen) atoms. The van der Waals surface area contributed by atoms with E-state index in [4.69, 9.17) is 0 Å². The molecule has 2 aromatic heterocycles. The van der Waals surface area contributed by atoms with Crippen LogP contribution in [0.3, 0.4) is 0 Å². The van der Waals surface area contributed by atoms with Gasteiger partial charge in [0, 0.05) is 35.0 Å².